The van der Waals surface area contributed by atoms with E-state index >= 15 is 0 Å². The molecule has 2 aromatic rings. The Labute approximate surface area is 107 Å². The molecule has 4 nitrogen and oxygen atoms in total. The van der Waals surface area contributed by atoms with Gasteiger partial charge in [0.1, 0.15) is 5.75 Å². The van der Waals surface area contributed by atoms with Crippen molar-refractivity contribution in [2.75, 3.05) is 6.61 Å². The molecule has 1 heterocycles. The van der Waals surface area contributed by atoms with Crippen LogP contribution in [-0.4, -0.2) is 16.8 Å². The molecule has 0 saturated carbocycles. The normalized spacial score (nSPS) is 10.5. The topological polar surface area (TPSA) is 49.9 Å². The SMILES string of the molecule is CCCOc1cccc(CNCc2cn[nH]c2)c1. The highest BCUT2D eigenvalue weighted by atomic mass is 16.5. The Bertz CT molecular complexity index is 454. The van der Waals surface area contributed by atoms with Crippen molar-refractivity contribution >= 4 is 0 Å². The summed E-state index contributed by atoms with van der Waals surface area (Å²) in [5.74, 6) is 0.944. The summed E-state index contributed by atoms with van der Waals surface area (Å²) in [6.07, 6.45) is 4.75. The number of H-pyrrole nitrogens is 1. The fraction of sp³-hybridized carbons (Fsp3) is 0.357. The summed E-state index contributed by atoms with van der Waals surface area (Å²) >= 11 is 0. The zero-order chi connectivity index (χ0) is 12.6. The second kappa shape index (κ2) is 6.81. The van der Waals surface area contributed by atoms with Gasteiger partial charge in [0.2, 0.25) is 0 Å². The quantitative estimate of drug-likeness (QED) is 0.788. The number of benzene rings is 1. The first kappa shape index (κ1) is 12.6. The summed E-state index contributed by atoms with van der Waals surface area (Å²) in [5.41, 5.74) is 2.39. The van der Waals surface area contributed by atoms with Crippen molar-refractivity contribution < 1.29 is 4.74 Å². The van der Waals surface area contributed by atoms with E-state index in [0.29, 0.717) is 0 Å². The maximum absolute atomic E-state index is 5.61. The zero-order valence-corrected chi connectivity index (χ0v) is 10.6. The monoisotopic (exact) mass is 245 g/mol. The molecule has 1 aromatic heterocycles. The van der Waals surface area contributed by atoms with Crippen molar-refractivity contribution in [3.63, 3.8) is 0 Å². The Morgan fingerprint density at radius 1 is 1.28 bits per heavy atom. The zero-order valence-electron chi connectivity index (χ0n) is 10.6. The summed E-state index contributed by atoms with van der Waals surface area (Å²) < 4.78 is 5.61. The van der Waals surface area contributed by atoms with Crippen LogP contribution in [0.2, 0.25) is 0 Å². The molecule has 2 N–H and O–H groups in total. The van der Waals surface area contributed by atoms with Gasteiger partial charge in [-0.3, -0.25) is 5.10 Å². The van der Waals surface area contributed by atoms with Crippen LogP contribution in [0, 0.1) is 0 Å². The van der Waals surface area contributed by atoms with Gasteiger partial charge in [-0.15, -0.1) is 0 Å². The van der Waals surface area contributed by atoms with Crippen LogP contribution < -0.4 is 10.1 Å². The van der Waals surface area contributed by atoms with Crippen LogP contribution in [0.25, 0.3) is 0 Å². The summed E-state index contributed by atoms with van der Waals surface area (Å²) in [6.45, 7) is 4.52. The van der Waals surface area contributed by atoms with Gasteiger partial charge in [0.15, 0.2) is 0 Å². The van der Waals surface area contributed by atoms with E-state index in [-0.39, 0.29) is 0 Å². The van der Waals surface area contributed by atoms with E-state index in [0.717, 1.165) is 37.4 Å². The van der Waals surface area contributed by atoms with E-state index in [1.165, 1.54) is 5.56 Å². The third-order valence-electron chi connectivity index (χ3n) is 2.58. The van der Waals surface area contributed by atoms with Gasteiger partial charge in [-0.05, 0) is 24.1 Å². The number of hydrogen-bond acceptors (Lipinski definition) is 3. The van der Waals surface area contributed by atoms with Crippen molar-refractivity contribution in [2.45, 2.75) is 26.4 Å². The van der Waals surface area contributed by atoms with E-state index in [2.05, 4.69) is 34.6 Å². The molecule has 0 radical (unpaired) electrons. The standard InChI is InChI=1S/C14H19N3O/c1-2-6-18-14-5-3-4-12(7-14)8-15-9-13-10-16-17-11-13/h3-5,7,10-11,15H,2,6,8-9H2,1H3,(H,16,17). The molecule has 0 atom stereocenters. The minimum Gasteiger partial charge on any atom is -0.494 e. The smallest absolute Gasteiger partial charge is 0.119 e. The fourth-order valence-corrected chi connectivity index (χ4v) is 1.69. The largest absolute Gasteiger partial charge is 0.494 e. The lowest BCUT2D eigenvalue weighted by Crippen LogP contribution is -2.12. The van der Waals surface area contributed by atoms with E-state index in [4.69, 9.17) is 4.74 Å². The van der Waals surface area contributed by atoms with Gasteiger partial charge in [-0.2, -0.15) is 5.10 Å². The molecule has 1 aromatic carbocycles. The maximum atomic E-state index is 5.61. The third-order valence-corrected chi connectivity index (χ3v) is 2.58. The Morgan fingerprint density at radius 3 is 2.94 bits per heavy atom. The fourth-order valence-electron chi connectivity index (χ4n) is 1.69. The molecule has 0 aliphatic heterocycles. The lowest BCUT2D eigenvalue weighted by molar-refractivity contribution is 0.317. The van der Waals surface area contributed by atoms with Crippen molar-refractivity contribution in [1.29, 1.82) is 0 Å². The van der Waals surface area contributed by atoms with Crippen LogP contribution in [-0.2, 0) is 13.1 Å². The average molecular weight is 245 g/mol. The predicted octanol–water partition coefficient (Wildman–Crippen LogP) is 2.49. The van der Waals surface area contributed by atoms with Gasteiger partial charge in [0, 0.05) is 24.8 Å². The van der Waals surface area contributed by atoms with Crippen molar-refractivity contribution in [3.8, 4) is 5.75 Å². The molecule has 0 amide bonds. The Balaban J connectivity index is 1.81. The average Bonchev–Trinajstić information content (AvgIpc) is 2.90. The third kappa shape index (κ3) is 3.89. The maximum Gasteiger partial charge on any atom is 0.119 e. The van der Waals surface area contributed by atoms with Crippen LogP contribution in [0.3, 0.4) is 0 Å². The van der Waals surface area contributed by atoms with Gasteiger partial charge < -0.3 is 10.1 Å². The molecular weight excluding hydrogens is 226 g/mol. The number of hydrogen-bond donors (Lipinski definition) is 2. The second-order valence-electron chi connectivity index (χ2n) is 4.21. The lowest BCUT2D eigenvalue weighted by Gasteiger charge is -2.07. The summed E-state index contributed by atoms with van der Waals surface area (Å²) in [5, 5.41) is 10.1. The number of nitrogens with zero attached hydrogens (tertiary/aromatic N) is 1. The van der Waals surface area contributed by atoms with Crippen LogP contribution >= 0.6 is 0 Å². The molecule has 96 valence electrons. The first-order valence-electron chi connectivity index (χ1n) is 6.28. The first-order chi connectivity index (χ1) is 8.88. The van der Waals surface area contributed by atoms with E-state index < -0.39 is 0 Å². The van der Waals surface area contributed by atoms with Crippen molar-refractivity contribution in [3.05, 3.63) is 47.8 Å². The summed E-state index contributed by atoms with van der Waals surface area (Å²) in [6, 6.07) is 8.20. The molecule has 18 heavy (non-hydrogen) atoms. The molecule has 0 unspecified atom stereocenters. The van der Waals surface area contributed by atoms with Crippen LogP contribution in [0.1, 0.15) is 24.5 Å². The lowest BCUT2D eigenvalue weighted by atomic mass is 10.2. The van der Waals surface area contributed by atoms with Gasteiger partial charge >= 0.3 is 0 Å². The number of aromatic nitrogens is 2. The van der Waals surface area contributed by atoms with Crippen LogP contribution in [0.5, 0.6) is 5.75 Å². The number of ether oxygens (including phenoxy) is 1. The second-order valence-corrected chi connectivity index (χ2v) is 4.21. The van der Waals surface area contributed by atoms with Gasteiger partial charge in [-0.1, -0.05) is 19.1 Å². The van der Waals surface area contributed by atoms with Crippen LogP contribution in [0.15, 0.2) is 36.7 Å². The number of nitrogens with one attached hydrogen (secondary N) is 2. The Kier molecular flexibility index (Phi) is 4.78. The molecule has 0 saturated heterocycles. The van der Waals surface area contributed by atoms with Gasteiger partial charge in [0.25, 0.3) is 0 Å². The summed E-state index contributed by atoms with van der Waals surface area (Å²) in [4.78, 5) is 0. The summed E-state index contributed by atoms with van der Waals surface area (Å²) in [7, 11) is 0. The first-order valence-corrected chi connectivity index (χ1v) is 6.28. The van der Waals surface area contributed by atoms with Crippen molar-refractivity contribution in [1.82, 2.24) is 15.5 Å². The minimum absolute atomic E-state index is 0.770. The molecule has 0 fully saturated rings. The predicted molar refractivity (Wildman–Crippen MR) is 71.4 cm³/mol. The van der Waals surface area contributed by atoms with Crippen molar-refractivity contribution in [2.24, 2.45) is 0 Å². The molecule has 0 bridgehead atoms. The van der Waals surface area contributed by atoms with Gasteiger partial charge in [-0.25, -0.2) is 0 Å². The van der Waals surface area contributed by atoms with E-state index in [9.17, 15) is 0 Å². The Hall–Kier alpha value is -1.81. The highest BCUT2D eigenvalue weighted by Crippen LogP contribution is 2.13. The molecule has 0 spiro atoms. The highest BCUT2D eigenvalue weighted by molar-refractivity contribution is 5.28. The van der Waals surface area contributed by atoms with Crippen LogP contribution in [0.4, 0.5) is 0 Å². The Morgan fingerprint density at radius 2 is 2.17 bits per heavy atom. The molecule has 2 rings (SSSR count). The molecule has 0 aliphatic rings. The minimum atomic E-state index is 0.770. The highest BCUT2D eigenvalue weighted by Gasteiger charge is 1.98. The number of rotatable bonds is 7. The van der Waals surface area contributed by atoms with Gasteiger partial charge in [0.05, 0.1) is 12.8 Å². The van der Waals surface area contributed by atoms with E-state index in [1.807, 2.05) is 24.5 Å². The molecule has 0 aliphatic carbocycles. The van der Waals surface area contributed by atoms with E-state index in [1.54, 1.807) is 0 Å². The molecule has 4 heteroatoms. The number of aromatic amines is 1. The molecular formula is C14H19N3O.